The number of rotatable bonds is 2. The van der Waals surface area contributed by atoms with E-state index in [2.05, 4.69) is 31.2 Å². The summed E-state index contributed by atoms with van der Waals surface area (Å²) in [7, 11) is 0. The number of anilines is 1. The van der Waals surface area contributed by atoms with E-state index < -0.39 is 11.5 Å². The van der Waals surface area contributed by atoms with Gasteiger partial charge in [0.05, 0.1) is 10.2 Å². The van der Waals surface area contributed by atoms with Crippen LogP contribution in [-0.2, 0) is 0 Å². The van der Waals surface area contributed by atoms with E-state index in [9.17, 15) is 9.59 Å². The lowest BCUT2D eigenvalue weighted by atomic mass is 10.2. The Labute approximate surface area is 105 Å². The van der Waals surface area contributed by atoms with Gasteiger partial charge in [0.25, 0.3) is 11.5 Å². The molecule has 0 saturated carbocycles. The van der Waals surface area contributed by atoms with Crippen molar-refractivity contribution in [3.8, 4) is 0 Å². The number of carbonyl (C=O) groups is 1. The Morgan fingerprint density at radius 1 is 1.41 bits per heavy atom. The zero-order chi connectivity index (χ0) is 12.3. The number of hydrogen-bond donors (Lipinski definition) is 2. The summed E-state index contributed by atoms with van der Waals surface area (Å²) < 4.78 is 0.653. The molecule has 0 aliphatic heterocycles. The van der Waals surface area contributed by atoms with Crippen LogP contribution in [0.5, 0.6) is 0 Å². The number of halogens is 1. The van der Waals surface area contributed by atoms with E-state index >= 15 is 0 Å². The van der Waals surface area contributed by atoms with Crippen molar-refractivity contribution in [2.24, 2.45) is 0 Å². The monoisotopic (exact) mass is 293 g/mol. The zero-order valence-electron chi connectivity index (χ0n) is 8.61. The Hall–Kier alpha value is -1.95. The van der Waals surface area contributed by atoms with Crippen LogP contribution in [0.1, 0.15) is 10.4 Å². The quantitative estimate of drug-likeness (QED) is 0.886. The van der Waals surface area contributed by atoms with Crippen LogP contribution >= 0.6 is 15.9 Å². The molecule has 86 valence electrons. The fourth-order valence-corrected chi connectivity index (χ4v) is 1.62. The molecule has 0 unspecified atom stereocenters. The highest BCUT2D eigenvalue weighted by molar-refractivity contribution is 9.10. The summed E-state index contributed by atoms with van der Waals surface area (Å²) in [5, 5.41) is 2.62. The highest BCUT2D eigenvalue weighted by Crippen LogP contribution is 2.20. The fourth-order valence-electron chi connectivity index (χ4n) is 1.27. The molecule has 0 spiro atoms. The van der Waals surface area contributed by atoms with E-state index in [1.807, 2.05) is 0 Å². The van der Waals surface area contributed by atoms with Gasteiger partial charge in [0.2, 0.25) is 0 Å². The lowest BCUT2D eigenvalue weighted by Crippen LogP contribution is -2.22. The SMILES string of the molecule is O=C(Nc1ccncc1Br)c1ccc[nH]c1=O. The summed E-state index contributed by atoms with van der Waals surface area (Å²) in [6, 6.07) is 4.69. The van der Waals surface area contributed by atoms with Gasteiger partial charge in [-0.15, -0.1) is 0 Å². The third kappa shape index (κ3) is 2.59. The number of pyridine rings is 2. The van der Waals surface area contributed by atoms with Crippen molar-refractivity contribution in [3.05, 3.63) is 57.2 Å². The molecule has 1 amide bonds. The molecule has 0 atom stereocenters. The molecule has 0 aromatic carbocycles. The minimum absolute atomic E-state index is 0.0659. The Balaban J connectivity index is 2.27. The topological polar surface area (TPSA) is 74.8 Å². The molecule has 6 heteroatoms. The molecular formula is C11H8BrN3O2. The summed E-state index contributed by atoms with van der Waals surface area (Å²) in [5.41, 5.74) is 0.208. The third-order valence-electron chi connectivity index (χ3n) is 2.08. The summed E-state index contributed by atoms with van der Waals surface area (Å²) in [6.07, 6.45) is 4.59. The molecule has 2 aromatic rings. The molecule has 0 saturated heterocycles. The van der Waals surface area contributed by atoms with Crippen LogP contribution in [-0.4, -0.2) is 15.9 Å². The van der Waals surface area contributed by atoms with Crippen LogP contribution in [0.3, 0.4) is 0 Å². The molecule has 5 nitrogen and oxygen atoms in total. The summed E-state index contributed by atoms with van der Waals surface area (Å²) in [4.78, 5) is 29.5. The minimum atomic E-state index is -0.459. The Kier molecular flexibility index (Phi) is 3.34. The maximum absolute atomic E-state index is 11.8. The first-order valence-electron chi connectivity index (χ1n) is 4.77. The van der Waals surface area contributed by atoms with Gasteiger partial charge in [-0.1, -0.05) is 0 Å². The van der Waals surface area contributed by atoms with Crippen LogP contribution in [0.15, 0.2) is 46.1 Å². The molecule has 0 aliphatic carbocycles. The van der Waals surface area contributed by atoms with Crippen LogP contribution in [0.25, 0.3) is 0 Å². The first kappa shape index (κ1) is 11.5. The van der Waals surface area contributed by atoms with Crippen molar-refractivity contribution in [1.29, 1.82) is 0 Å². The van der Waals surface area contributed by atoms with Crippen molar-refractivity contribution < 1.29 is 4.79 Å². The van der Waals surface area contributed by atoms with E-state index in [-0.39, 0.29) is 5.56 Å². The zero-order valence-corrected chi connectivity index (χ0v) is 10.2. The van der Waals surface area contributed by atoms with Gasteiger partial charge in [-0.2, -0.15) is 0 Å². The maximum Gasteiger partial charge on any atom is 0.261 e. The molecule has 17 heavy (non-hydrogen) atoms. The molecule has 0 radical (unpaired) electrons. The van der Waals surface area contributed by atoms with Gasteiger partial charge in [-0.25, -0.2) is 0 Å². The third-order valence-corrected chi connectivity index (χ3v) is 2.72. The second kappa shape index (κ2) is 4.92. The smallest absolute Gasteiger partial charge is 0.261 e. The molecule has 0 aliphatic rings. The molecular weight excluding hydrogens is 286 g/mol. The van der Waals surface area contributed by atoms with Gasteiger partial charge in [0.15, 0.2) is 0 Å². The lowest BCUT2D eigenvalue weighted by molar-refractivity contribution is 0.102. The van der Waals surface area contributed by atoms with Crippen molar-refractivity contribution >= 4 is 27.5 Å². The Bertz CT molecular complexity index is 609. The average molecular weight is 294 g/mol. The van der Waals surface area contributed by atoms with E-state index in [1.54, 1.807) is 24.5 Å². The summed E-state index contributed by atoms with van der Waals surface area (Å²) in [5.74, 6) is -0.459. The Morgan fingerprint density at radius 3 is 2.94 bits per heavy atom. The Morgan fingerprint density at radius 2 is 2.24 bits per heavy atom. The first-order valence-corrected chi connectivity index (χ1v) is 5.56. The maximum atomic E-state index is 11.8. The van der Waals surface area contributed by atoms with Gasteiger partial charge in [0.1, 0.15) is 5.56 Å². The minimum Gasteiger partial charge on any atom is -0.328 e. The number of aromatic nitrogens is 2. The second-order valence-electron chi connectivity index (χ2n) is 3.22. The molecule has 0 bridgehead atoms. The van der Waals surface area contributed by atoms with E-state index in [0.29, 0.717) is 10.2 Å². The number of carbonyl (C=O) groups excluding carboxylic acids is 1. The predicted octanol–water partition coefficient (Wildman–Crippen LogP) is 1.78. The molecule has 2 rings (SSSR count). The molecule has 0 fully saturated rings. The predicted molar refractivity (Wildman–Crippen MR) is 67.0 cm³/mol. The number of hydrogen-bond acceptors (Lipinski definition) is 3. The molecule has 2 N–H and O–H groups in total. The highest BCUT2D eigenvalue weighted by Gasteiger charge is 2.10. The second-order valence-corrected chi connectivity index (χ2v) is 4.08. The van der Waals surface area contributed by atoms with Crippen molar-refractivity contribution in [2.45, 2.75) is 0 Å². The fraction of sp³-hybridized carbons (Fsp3) is 0. The van der Waals surface area contributed by atoms with E-state index in [4.69, 9.17) is 0 Å². The van der Waals surface area contributed by atoms with Gasteiger partial charge in [0, 0.05) is 18.6 Å². The normalized spacial score (nSPS) is 9.94. The van der Waals surface area contributed by atoms with Gasteiger partial charge in [-0.05, 0) is 34.1 Å². The standard InChI is InChI=1S/C11H8BrN3O2/c12-8-6-13-5-3-9(8)15-11(17)7-2-1-4-14-10(7)16/h1-6H,(H,14,16)(H,13,15,17). The molecule has 2 aromatic heterocycles. The summed E-state index contributed by atoms with van der Waals surface area (Å²) in [6.45, 7) is 0. The lowest BCUT2D eigenvalue weighted by Gasteiger charge is -2.05. The van der Waals surface area contributed by atoms with Crippen LogP contribution in [0, 0.1) is 0 Å². The van der Waals surface area contributed by atoms with Crippen LogP contribution in [0.4, 0.5) is 5.69 Å². The average Bonchev–Trinajstić information content (AvgIpc) is 2.32. The van der Waals surface area contributed by atoms with Crippen molar-refractivity contribution in [3.63, 3.8) is 0 Å². The van der Waals surface area contributed by atoms with E-state index in [0.717, 1.165) is 0 Å². The number of amides is 1. The highest BCUT2D eigenvalue weighted by atomic mass is 79.9. The van der Waals surface area contributed by atoms with E-state index in [1.165, 1.54) is 12.3 Å². The summed E-state index contributed by atoms with van der Waals surface area (Å²) >= 11 is 3.25. The van der Waals surface area contributed by atoms with Gasteiger partial charge in [-0.3, -0.25) is 14.6 Å². The van der Waals surface area contributed by atoms with Crippen molar-refractivity contribution in [1.82, 2.24) is 9.97 Å². The van der Waals surface area contributed by atoms with Gasteiger partial charge >= 0.3 is 0 Å². The number of aromatic amines is 1. The largest absolute Gasteiger partial charge is 0.328 e. The number of nitrogens with zero attached hydrogens (tertiary/aromatic N) is 1. The van der Waals surface area contributed by atoms with Crippen molar-refractivity contribution in [2.75, 3.05) is 5.32 Å². The van der Waals surface area contributed by atoms with Gasteiger partial charge < -0.3 is 10.3 Å². The van der Waals surface area contributed by atoms with Crippen LogP contribution < -0.4 is 10.9 Å². The first-order chi connectivity index (χ1) is 8.18. The number of H-pyrrole nitrogens is 1. The number of nitrogens with one attached hydrogen (secondary N) is 2. The van der Waals surface area contributed by atoms with Crippen LogP contribution in [0.2, 0.25) is 0 Å². The molecule has 2 heterocycles.